The highest BCUT2D eigenvalue weighted by Gasteiger charge is 2.27. The minimum absolute atomic E-state index is 0.101. The van der Waals surface area contributed by atoms with Crippen LogP contribution in [0.4, 0.5) is 5.69 Å². The second-order valence-corrected chi connectivity index (χ2v) is 9.10. The van der Waals surface area contributed by atoms with Crippen LogP contribution in [0.15, 0.2) is 24.3 Å². The largest absolute Gasteiger partial charge is 0.352 e. The minimum atomic E-state index is -2.83. The van der Waals surface area contributed by atoms with Crippen LogP contribution in [-0.4, -0.2) is 44.8 Å². The summed E-state index contributed by atoms with van der Waals surface area (Å²) in [5, 5.41) is 2.88. The summed E-state index contributed by atoms with van der Waals surface area (Å²) in [6, 6.07) is 7.13. The molecule has 0 aromatic heterocycles. The van der Waals surface area contributed by atoms with Crippen molar-refractivity contribution in [1.29, 1.82) is 0 Å². The number of rotatable bonds is 6. The summed E-state index contributed by atoms with van der Waals surface area (Å²) < 4.78 is 22.9. The van der Waals surface area contributed by atoms with Crippen LogP contribution in [0.1, 0.15) is 42.5 Å². The molecule has 136 valence electrons. The standard InChI is InChI=1S/C18H24N2O4S/c21-17-7-3-10-20(17)16-6-1-5-15(12-16)18(22)19-9-2-4-14-8-11-25(23,24)13-14/h1,5-6,12,14H,2-4,7-11,13H2,(H,19,22). The summed E-state index contributed by atoms with van der Waals surface area (Å²) in [6.07, 6.45) is 3.75. The van der Waals surface area contributed by atoms with Crippen molar-refractivity contribution in [2.24, 2.45) is 5.92 Å². The van der Waals surface area contributed by atoms with Crippen LogP contribution in [-0.2, 0) is 14.6 Å². The van der Waals surface area contributed by atoms with Gasteiger partial charge in [0.05, 0.1) is 11.5 Å². The molecule has 1 aromatic rings. The maximum Gasteiger partial charge on any atom is 0.251 e. The Morgan fingerprint density at radius 2 is 2.16 bits per heavy atom. The monoisotopic (exact) mass is 364 g/mol. The van der Waals surface area contributed by atoms with E-state index in [1.165, 1.54) is 0 Å². The molecule has 2 heterocycles. The highest BCUT2D eigenvalue weighted by molar-refractivity contribution is 7.91. The summed E-state index contributed by atoms with van der Waals surface area (Å²) in [5.74, 6) is 0.752. The molecule has 0 radical (unpaired) electrons. The summed E-state index contributed by atoms with van der Waals surface area (Å²) in [6.45, 7) is 1.23. The van der Waals surface area contributed by atoms with Gasteiger partial charge in [-0.05, 0) is 49.8 Å². The molecule has 1 atom stereocenters. The van der Waals surface area contributed by atoms with Crippen LogP contribution in [0.3, 0.4) is 0 Å². The van der Waals surface area contributed by atoms with Gasteiger partial charge in [0.1, 0.15) is 0 Å². The third kappa shape index (κ3) is 4.60. The van der Waals surface area contributed by atoms with E-state index >= 15 is 0 Å². The van der Waals surface area contributed by atoms with E-state index in [1.807, 2.05) is 6.07 Å². The van der Waals surface area contributed by atoms with E-state index in [1.54, 1.807) is 23.1 Å². The van der Waals surface area contributed by atoms with E-state index < -0.39 is 9.84 Å². The molecule has 0 aliphatic carbocycles. The number of hydrogen-bond acceptors (Lipinski definition) is 4. The van der Waals surface area contributed by atoms with Gasteiger partial charge in [0.15, 0.2) is 9.84 Å². The van der Waals surface area contributed by atoms with E-state index in [2.05, 4.69) is 5.32 Å². The van der Waals surface area contributed by atoms with E-state index in [0.717, 1.165) is 31.4 Å². The molecule has 7 heteroatoms. The third-order valence-corrected chi connectivity index (χ3v) is 6.73. The van der Waals surface area contributed by atoms with Crippen molar-refractivity contribution in [1.82, 2.24) is 5.32 Å². The highest BCUT2D eigenvalue weighted by atomic mass is 32.2. The molecule has 2 amide bonds. The Kier molecular flexibility index (Phi) is 5.42. The van der Waals surface area contributed by atoms with Gasteiger partial charge in [0.2, 0.25) is 5.91 Å². The second-order valence-electron chi connectivity index (χ2n) is 6.87. The minimum Gasteiger partial charge on any atom is -0.352 e. The average molecular weight is 364 g/mol. The Hall–Kier alpha value is -1.89. The van der Waals surface area contributed by atoms with Crippen molar-refractivity contribution in [3.63, 3.8) is 0 Å². The van der Waals surface area contributed by atoms with Gasteiger partial charge in [-0.3, -0.25) is 9.59 Å². The number of benzene rings is 1. The first kappa shape index (κ1) is 17.9. The van der Waals surface area contributed by atoms with Gasteiger partial charge >= 0.3 is 0 Å². The van der Waals surface area contributed by atoms with Crippen LogP contribution in [0, 0.1) is 5.92 Å². The number of anilines is 1. The van der Waals surface area contributed by atoms with Gasteiger partial charge in [0, 0.05) is 30.8 Å². The number of hydrogen-bond donors (Lipinski definition) is 1. The molecule has 2 aliphatic heterocycles. The Morgan fingerprint density at radius 1 is 1.32 bits per heavy atom. The average Bonchev–Trinajstić information content (AvgIpc) is 3.16. The molecular weight excluding hydrogens is 340 g/mol. The maximum atomic E-state index is 12.3. The second kappa shape index (κ2) is 7.56. The lowest BCUT2D eigenvalue weighted by Crippen LogP contribution is -2.26. The number of amides is 2. The third-order valence-electron chi connectivity index (χ3n) is 4.89. The van der Waals surface area contributed by atoms with Crippen LogP contribution in [0.25, 0.3) is 0 Å². The van der Waals surface area contributed by atoms with Crippen LogP contribution >= 0.6 is 0 Å². The SMILES string of the molecule is O=C(NCCCC1CCS(=O)(=O)C1)c1cccc(N2CCCC2=O)c1. The molecule has 25 heavy (non-hydrogen) atoms. The van der Waals surface area contributed by atoms with Crippen molar-refractivity contribution >= 4 is 27.3 Å². The molecule has 1 aromatic carbocycles. The Balaban J connectivity index is 1.47. The molecule has 2 aliphatic rings. The van der Waals surface area contributed by atoms with Crippen molar-refractivity contribution in [3.8, 4) is 0 Å². The van der Waals surface area contributed by atoms with Crippen molar-refractivity contribution in [2.45, 2.75) is 32.1 Å². The van der Waals surface area contributed by atoms with E-state index in [9.17, 15) is 18.0 Å². The number of carbonyl (C=O) groups excluding carboxylic acids is 2. The Bertz CT molecular complexity index is 760. The Labute approximate surface area is 148 Å². The van der Waals surface area contributed by atoms with E-state index in [0.29, 0.717) is 30.8 Å². The highest BCUT2D eigenvalue weighted by Crippen LogP contribution is 2.23. The normalized spacial score (nSPS) is 22.3. The Morgan fingerprint density at radius 3 is 2.84 bits per heavy atom. The zero-order chi connectivity index (χ0) is 17.9. The maximum absolute atomic E-state index is 12.3. The molecule has 1 unspecified atom stereocenters. The molecular formula is C18H24N2O4S. The first-order valence-corrected chi connectivity index (χ1v) is 10.7. The smallest absolute Gasteiger partial charge is 0.251 e. The number of nitrogens with one attached hydrogen (secondary N) is 1. The first-order chi connectivity index (χ1) is 11.9. The first-order valence-electron chi connectivity index (χ1n) is 8.84. The van der Waals surface area contributed by atoms with E-state index in [-0.39, 0.29) is 23.5 Å². The van der Waals surface area contributed by atoms with Gasteiger partial charge in [-0.1, -0.05) is 6.07 Å². The fourth-order valence-electron chi connectivity index (χ4n) is 3.53. The van der Waals surface area contributed by atoms with Crippen LogP contribution in [0.2, 0.25) is 0 Å². The summed E-state index contributed by atoms with van der Waals surface area (Å²) in [4.78, 5) is 25.8. The molecule has 6 nitrogen and oxygen atoms in total. The summed E-state index contributed by atoms with van der Waals surface area (Å²) in [7, 11) is -2.83. The van der Waals surface area contributed by atoms with Crippen LogP contribution in [0.5, 0.6) is 0 Å². The fraction of sp³-hybridized carbons (Fsp3) is 0.556. The zero-order valence-electron chi connectivity index (χ0n) is 14.2. The predicted molar refractivity (Wildman–Crippen MR) is 96.4 cm³/mol. The van der Waals surface area contributed by atoms with Gasteiger partial charge in [-0.15, -0.1) is 0 Å². The van der Waals surface area contributed by atoms with Crippen molar-refractivity contribution in [3.05, 3.63) is 29.8 Å². The fourth-order valence-corrected chi connectivity index (χ4v) is 5.44. The molecule has 0 spiro atoms. The van der Waals surface area contributed by atoms with E-state index in [4.69, 9.17) is 0 Å². The van der Waals surface area contributed by atoms with Gasteiger partial charge in [-0.25, -0.2) is 8.42 Å². The molecule has 0 bridgehead atoms. The molecule has 2 fully saturated rings. The molecule has 1 N–H and O–H groups in total. The quantitative estimate of drug-likeness (QED) is 0.780. The van der Waals surface area contributed by atoms with Gasteiger partial charge in [0.25, 0.3) is 5.91 Å². The lowest BCUT2D eigenvalue weighted by molar-refractivity contribution is -0.117. The number of sulfone groups is 1. The molecule has 0 saturated carbocycles. The van der Waals surface area contributed by atoms with Gasteiger partial charge < -0.3 is 10.2 Å². The zero-order valence-corrected chi connectivity index (χ0v) is 15.1. The lowest BCUT2D eigenvalue weighted by atomic mass is 10.0. The van der Waals surface area contributed by atoms with Crippen molar-refractivity contribution in [2.75, 3.05) is 29.5 Å². The van der Waals surface area contributed by atoms with Crippen molar-refractivity contribution < 1.29 is 18.0 Å². The topological polar surface area (TPSA) is 83.6 Å². The summed E-state index contributed by atoms with van der Waals surface area (Å²) >= 11 is 0. The number of nitrogens with zero attached hydrogens (tertiary/aromatic N) is 1. The molecule has 2 saturated heterocycles. The lowest BCUT2D eigenvalue weighted by Gasteiger charge is -2.16. The van der Waals surface area contributed by atoms with Crippen LogP contribution < -0.4 is 10.2 Å². The number of carbonyl (C=O) groups is 2. The predicted octanol–water partition coefficient (Wildman–Crippen LogP) is 1.76. The summed E-state index contributed by atoms with van der Waals surface area (Å²) in [5.41, 5.74) is 1.31. The van der Waals surface area contributed by atoms with Gasteiger partial charge in [-0.2, -0.15) is 0 Å². The molecule has 3 rings (SSSR count).